The molecule has 1 aromatic carbocycles. The monoisotopic (exact) mass is 372 g/mol. The van der Waals surface area contributed by atoms with Gasteiger partial charge in [0.2, 0.25) is 0 Å². The Balaban J connectivity index is 2.24. The number of carbonyl (C=O) groups excluding carboxylic acids is 2. The Hall–Kier alpha value is -0.910. The van der Waals surface area contributed by atoms with Crippen LogP contribution in [0.15, 0.2) is 24.3 Å². The van der Waals surface area contributed by atoms with Crippen LogP contribution in [0.25, 0.3) is 0 Å². The highest BCUT2D eigenvalue weighted by Gasteiger charge is 2.28. The van der Waals surface area contributed by atoms with Gasteiger partial charge in [0, 0.05) is 29.6 Å². The summed E-state index contributed by atoms with van der Waals surface area (Å²) in [5.74, 6) is 0.0400. The predicted octanol–water partition coefficient (Wildman–Crippen LogP) is 3.25. The first kappa shape index (κ1) is 14.5. The van der Waals surface area contributed by atoms with E-state index in [1.54, 1.807) is 0 Å². The normalized spacial score (nSPS) is 23.2. The van der Waals surface area contributed by atoms with E-state index in [0.717, 1.165) is 6.42 Å². The minimum Gasteiger partial charge on any atom is -0.466 e. The lowest BCUT2D eigenvalue weighted by molar-refractivity contribution is -0.143. The molecular weight excluding hydrogens is 355 g/mol. The van der Waals surface area contributed by atoms with Crippen molar-refractivity contribution >= 4 is 34.3 Å². The van der Waals surface area contributed by atoms with Crippen molar-refractivity contribution in [3.05, 3.63) is 35.4 Å². The summed E-state index contributed by atoms with van der Waals surface area (Å²) >= 11 is 2.37. The third kappa shape index (κ3) is 3.78. The molecule has 0 aliphatic heterocycles. The van der Waals surface area contributed by atoms with E-state index in [2.05, 4.69) is 34.7 Å². The summed E-state index contributed by atoms with van der Waals surface area (Å²) in [4.78, 5) is 22.9. The van der Waals surface area contributed by atoms with Crippen LogP contribution in [-0.4, -0.2) is 18.4 Å². The highest BCUT2D eigenvalue weighted by atomic mass is 127. The van der Waals surface area contributed by atoms with Crippen LogP contribution in [0.2, 0.25) is 0 Å². The third-order valence-electron chi connectivity index (χ3n) is 3.43. The number of hydrogen-bond donors (Lipinski definition) is 0. The molecule has 4 heteroatoms. The highest BCUT2D eigenvalue weighted by Crippen LogP contribution is 2.38. The van der Waals surface area contributed by atoms with Gasteiger partial charge in [0.15, 0.2) is 0 Å². The number of ether oxygens (including phenoxy) is 1. The topological polar surface area (TPSA) is 43.4 Å². The lowest BCUT2D eigenvalue weighted by atomic mass is 9.86. The third-order valence-corrected chi connectivity index (χ3v) is 5.12. The molecule has 0 N–H and O–H groups in total. The fourth-order valence-electron chi connectivity index (χ4n) is 2.42. The predicted molar refractivity (Wildman–Crippen MR) is 81.3 cm³/mol. The standard InChI is InChI=1S/C15H17IO3/c1-10(17)19-9-12-8-13(18)7-6-11-4-2-3-5-14(11)15(12)16/h2-5,12,15H,6-9H2,1H3/t12-,15-/m0/s1. The molecule has 1 aliphatic rings. The van der Waals surface area contributed by atoms with E-state index >= 15 is 0 Å². The number of ketones is 1. The van der Waals surface area contributed by atoms with E-state index in [-0.39, 0.29) is 21.6 Å². The molecule has 3 nitrogen and oxygen atoms in total. The summed E-state index contributed by atoms with van der Waals surface area (Å²) in [6.45, 7) is 1.73. The molecule has 0 fully saturated rings. The maximum Gasteiger partial charge on any atom is 0.302 e. The number of benzene rings is 1. The number of Topliss-reactive ketones (excluding diaryl/α,β-unsaturated/α-hetero) is 1. The number of aryl methyl sites for hydroxylation is 1. The molecule has 102 valence electrons. The second-order valence-corrected chi connectivity index (χ2v) is 6.25. The molecule has 0 unspecified atom stereocenters. The smallest absolute Gasteiger partial charge is 0.302 e. The zero-order chi connectivity index (χ0) is 13.8. The Morgan fingerprint density at radius 1 is 1.37 bits per heavy atom. The molecule has 0 amide bonds. The summed E-state index contributed by atoms with van der Waals surface area (Å²) in [7, 11) is 0. The summed E-state index contributed by atoms with van der Waals surface area (Å²) < 4.78 is 5.32. The van der Waals surface area contributed by atoms with Crippen molar-refractivity contribution in [1.29, 1.82) is 0 Å². The van der Waals surface area contributed by atoms with E-state index in [9.17, 15) is 9.59 Å². The lowest BCUT2D eigenvalue weighted by Gasteiger charge is -2.26. The number of fused-ring (bicyclic) bond motifs is 1. The number of rotatable bonds is 2. The van der Waals surface area contributed by atoms with Crippen LogP contribution >= 0.6 is 22.6 Å². The van der Waals surface area contributed by atoms with Crippen LogP contribution in [0.4, 0.5) is 0 Å². The van der Waals surface area contributed by atoms with Gasteiger partial charge in [-0.05, 0) is 17.5 Å². The molecule has 0 bridgehead atoms. The van der Waals surface area contributed by atoms with Gasteiger partial charge >= 0.3 is 5.97 Å². The van der Waals surface area contributed by atoms with Crippen molar-refractivity contribution in [3.8, 4) is 0 Å². The molecule has 0 saturated carbocycles. The second-order valence-electron chi connectivity index (χ2n) is 4.91. The number of alkyl halides is 1. The van der Waals surface area contributed by atoms with Gasteiger partial charge in [-0.25, -0.2) is 0 Å². The number of carbonyl (C=O) groups is 2. The quantitative estimate of drug-likeness (QED) is 0.455. The van der Waals surface area contributed by atoms with Crippen molar-refractivity contribution in [2.75, 3.05) is 6.61 Å². The lowest BCUT2D eigenvalue weighted by Crippen LogP contribution is -2.23. The summed E-state index contributed by atoms with van der Waals surface area (Å²) in [6.07, 6.45) is 1.89. The molecule has 1 aromatic rings. The minimum atomic E-state index is -0.286. The zero-order valence-corrected chi connectivity index (χ0v) is 13.1. The SMILES string of the molecule is CC(=O)OC[C@@H]1CC(=O)CCc2ccccc2[C@H]1I. The summed E-state index contributed by atoms with van der Waals surface area (Å²) in [5.41, 5.74) is 2.51. The molecule has 0 spiro atoms. The van der Waals surface area contributed by atoms with Crippen LogP contribution in [0.5, 0.6) is 0 Å². The zero-order valence-electron chi connectivity index (χ0n) is 10.9. The molecule has 0 radical (unpaired) electrons. The van der Waals surface area contributed by atoms with Gasteiger partial charge in [0.1, 0.15) is 5.78 Å². The molecule has 1 aliphatic carbocycles. The number of hydrogen-bond acceptors (Lipinski definition) is 3. The largest absolute Gasteiger partial charge is 0.466 e. The first-order valence-corrected chi connectivity index (χ1v) is 7.69. The molecule has 2 rings (SSSR count). The van der Waals surface area contributed by atoms with Gasteiger partial charge < -0.3 is 4.74 Å². The fourth-order valence-corrected chi connectivity index (χ4v) is 3.49. The van der Waals surface area contributed by atoms with Gasteiger partial charge in [-0.15, -0.1) is 0 Å². The Morgan fingerprint density at radius 3 is 2.84 bits per heavy atom. The molecule has 0 saturated heterocycles. The van der Waals surface area contributed by atoms with Crippen LogP contribution in [0.1, 0.15) is 34.8 Å². The number of halogens is 1. The van der Waals surface area contributed by atoms with Crippen LogP contribution in [-0.2, 0) is 20.7 Å². The van der Waals surface area contributed by atoms with Crippen LogP contribution < -0.4 is 0 Å². The average Bonchev–Trinajstić information content (AvgIpc) is 2.39. The summed E-state index contributed by atoms with van der Waals surface area (Å²) in [5, 5.41) is 0. The van der Waals surface area contributed by atoms with Gasteiger partial charge in [0.25, 0.3) is 0 Å². The van der Waals surface area contributed by atoms with Gasteiger partial charge in [-0.3, -0.25) is 9.59 Å². The van der Waals surface area contributed by atoms with Crippen molar-refractivity contribution in [2.45, 2.75) is 30.1 Å². The molecule has 2 atom stereocenters. The van der Waals surface area contributed by atoms with E-state index < -0.39 is 0 Å². The molecule has 0 heterocycles. The highest BCUT2D eigenvalue weighted by molar-refractivity contribution is 14.1. The van der Waals surface area contributed by atoms with E-state index in [1.807, 2.05) is 12.1 Å². The van der Waals surface area contributed by atoms with E-state index in [0.29, 0.717) is 19.4 Å². The minimum absolute atomic E-state index is 0.0680. The van der Waals surface area contributed by atoms with Crippen molar-refractivity contribution in [2.24, 2.45) is 5.92 Å². The molecular formula is C15H17IO3. The second kappa shape index (κ2) is 6.50. The van der Waals surface area contributed by atoms with Crippen molar-refractivity contribution in [1.82, 2.24) is 0 Å². The first-order chi connectivity index (χ1) is 9.08. The Kier molecular flexibility index (Phi) is 4.96. The van der Waals surface area contributed by atoms with E-state index in [4.69, 9.17) is 4.74 Å². The summed E-state index contributed by atoms with van der Waals surface area (Å²) in [6, 6.07) is 8.23. The number of esters is 1. The fraction of sp³-hybridized carbons (Fsp3) is 0.467. The van der Waals surface area contributed by atoms with Gasteiger partial charge in [0.05, 0.1) is 6.61 Å². The Bertz CT molecular complexity index is 484. The van der Waals surface area contributed by atoms with E-state index in [1.165, 1.54) is 18.1 Å². The molecule has 0 aromatic heterocycles. The maximum atomic E-state index is 11.9. The van der Waals surface area contributed by atoms with Crippen LogP contribution in [0.3, 0.4) is 0 Å². The van der Waals surface area contributed by atoms with Gasteiger partial charge in [-0.1, -0.05) is 46.9 Å². The van der Waals surface area contributed by atoms with Crippen molar-refractivity contribution < 1.29 is 14.3 Å². The van der Waals surface area contributed by atoms with Crippen LogP contribution in [0, 0.1) is 5.92 Å². The Labute approximate surface area is 126 Å². The van der Waals surface area contributed by atoms with Crippen molar-refractivity contribution in [3.63, 3.8) is 0 Å². The van der Waals surface area contributed by atoms with Gasteiger partial charge in [-0.2, -0.15) is 0 Å². The maximum absolute atomic E-state index is 11.9. The first-order valence-electron chi connectivity index (χ1n) is 6.45. The molecule has 19 heavy (non-hydrogen) atoms. The average molecular weight is 372 g/mol. The Morgan fingerprint density at radius 2 is 2.11 bits per heavy atom.